The van der Waals surface area contributed by atoms with Crippen molar-refractivity contribution < 1.29 is 4.79 Å². The van der Waals surface area contributed by atoms with Gasteiger partial charge in [0, 0.05) is 35.6 Å². The maximum atomic E-state index is 13.3. The summed E-state index contributed by atoms with van der Waals surface area (Å²) in [6.45, 7) is 1.76. The predicted octanol–water partition coefficient (Wildman–Crippen LogP) is 3.63. The molecule has 1 amide bonds. The molecule has 1 atom stereocenters. The minimum atomic E-state index is -0.302. The Kier molecular flexibility index (Phi) is 3.74. The number of aromatic nitrogens is 3. The molecule has 7 heteroatoms. The van der Waals surface area contributed by atoms with Gasteiger partial charge < -0.3 is 4.57 Å². The molecule has 5 rings (SSSR count). The number of rotatable bonds is 3. The first-order valence-corrected chi connectivity index (χ1v) is 9.67. The molecular formula is C21H19ClN4O2. The van der Waals surface area contributed by atoms with Crippen LogP contribution in [0.4, 0.5) is 5.69 Å². The molecule has 28 heavy (non-hydrogen) atoms. The lowest BCUT2D eigenvalue weighted by Gasteiger charge is -2.26. The summed E-state index contributed by atoms with van der Waals surface area (Å²) in [5, 5.41) is 5.24. The van der Waals surface area contributed by atoms with E-state index in [1.807, 2.05) is 35.1 Å². The zero-order chi connectivity index (χ0) is 19.6. The quantitative estimate of drug-likeness (QED) is 0.681. The Labute approximate surface area is 167 Å². The van der Waals surface area contributed by atoms with E-state index >= 15 is 0 Å². The molecule has 142 valence electrons. The van der Waals surface area contributed by atoms with Gasteiger partial charge in [0.25, 0.3) is 11.5 Å². The summed E-state index contributed by atoms with van der Waals surface area (Å²) in [5.74, 6) is -0.146. The lowest BCUT2D eigenvalue weighted by atomic mass is 10.0. The average Bonchev–Trinajstić information content (AvgIpc) is 3.37. The third kappa shape index (κ3) is 2.59. The second kappa shape index (κ2) is 6.07. The van der Waals surface area contributed by atoms with Crippen LogP contribution >= 0.6 is 11.6 Å². The second-order valence-electron chi connectivity index (χ2n) is 7.57. The molecule has 6 nitrogen and oxygen atoms in total. The van der Waals surface area contributed by atoms with E-state index in [2.05, 4.69) is 5.10 Å². The molecule has 0 spiro atoms. The van der Waals surface area contributed by atoms with Gasteiger partial charge in [0.05, 0.1) is 17.8 Å². The van der Waals surface area contributed by atoms with Crippen molar-refractivity contribution in [1.82, 2.24) is 14.3 Å². The minimum absolute atomic E-state index is 0.0740. The maximum absolute atomic E-state index is 13.3. The lowest BCUT2D eigenvalue weighted by molar-refractivity contribution is 0.0987. The molecular weight excluding hydrogens is 376 g/mol. The Balaban J connectivity index is 1.68. The van der Waals surface area contributed by atoms with Gasteiger partial charge in [-0.05, 0) is 43.5 Å². The van der Waals surface area contributed by atoms with Crippen LogP contribution in [0.2, 0.25) is 5.02 Å². The Morgan fingerprint density at radius 1 is 1.11 bits per heavy atom. The Morgan fingerprint density at radius 3 is 2.46 bits per heavy atom. The van der Waals surface area contributed by atoms with Crippen molar-refractivity contribution in [1.29, 1.82) is 0 Å². The summed E-state index contributed by atoms with van der Waals surface area (Å²) in [6.07, 6.45) is 5.91. The summed E-state index contributed by atoms with van der Waals surface area (Å²) < 4.78 is 3.44. The predicted molar refractivity (Wildman–Crippen MR) is 107 cm³/mol. The Hall–Kier alpha value is -2.86. The fourth-order valence-electron chi connectivity index (χ4n) is 3.90. The third-order valence-electron chi connectivity index (χ3n) is 5.47. The number of anilines is 1. The van der Waals surface area contributed by atoms with E-state index in [1.165, 1.54) is 4.57 Å². The van der Waals surface area contributed by atoms with Crippen LogP contribution < -0.4 is 10.5 Å². The number of nitrogens with zero attached hydrogens (tertiary/aromatic N) is 4. The molecule has 1 aromatic carbocycles. The lowest BCUT2D eigenvalue weighted by Crippen LogP contribution is -2.31. The first kappa shape index (κ1) is 17.3. The van der Waals surface area contributed by atoms with Crippen LogP contribution in [0.3, 0.4) is 0 Å². The smallest absolute Gasteiger partial charge is 0.280 e. The van der Waals surface area contributed by atoms with Gasteiger partial charge in [-0.1, -0.05) is 23.7 Å². The zero-order valence-corrected chi connectivity index (χ0v) is 16.3. The highest BCUT2D eigenvalue weighted by molar-refractivity contribution is 6.30. The van der Waals surface area contributed by atoms with Crippen LogP contribution in [0.25, 0.3) is 0 Å². The van der Waals surface area contributed by atoms with E-state index in [1.54, 1.807) is 31.1 Å². The number of halogens is 1. The van der Waals surface area contributed by atoms with Crippen molar-refractivity contribution in [3.05, 3.63) is 80.5 Å². The first-order chi connectivity index (χ1) is 13.4. The van der Waals surface area contributed by atoms with Gasteiger partial charge in [0.2, 0.25) is 0 Å². The number of benzene rings is 1. The number of fused-ring (bicyclic) bond motifs is 1. The normalized spacial score (nSPS) is 18.6. The second-order valence-corrected chi connectivity index (χ2v) is 8.01. The monoisotopic (exact) mass is 394 g/mol. The van der Waals surface area contributed by atoms with E-state index in [0.717, 1.165) is 24.0 Å². The van der Waals surface area contributed by atoms with Gasteiger partial charge in [0.15, 0.2) is 5.69 Å². The van der Waals surface area contributed by atoms with Crippen molar-refractivity contribution in [2.75, 3.05) is 4.90 Å². The molecule has 3 aromatic rings. The molecule has 1 saturated carbocycles. The van der Waals surface area contributed by atoms with Crippen LogP contribution in [0.1, 0.15) is 52.1 Å². The zero-order valence-electron chi connectivity index (χ0n) is 15.6. The summed E-state index contributed by atoms with van der Waals surface area (Å²) in [7, 11) is 1.70. The fraction of sp³-hybridized carbons (Fsp3) is 0.286. The molecule has 1 unspecified atom stereocenters. The summed E-state index contributed by atoms with van der Waals surface area (Å²) in [5.41, 5.74) is 3.54. The molecule has 1 fully saturated rings. The molecule has 2 aromatic heterocycles. The van der Waals surface area contributed by atoms with E-state index < -0.39 is 0 Å². The number of carbonyl (C=O) groups is 1. The van der Waals surface area contributed by atoms with Gasteiger partial charge in [-0.3, -0.25) is 19.2 Å². The van der Waals surface area contributed by atoms with E-state index in [-0.39, 0.29) is 17.5 Å². The number of carbonyl (C=O) groups excluding carboxylic acids is 1. The highest BCUT2D eigenvalue weighted by Gasteiger charge is 2.43. The average molecular weight is 395 g/mol. The van der Waals surface area contributed by atoms with Crippen LogP contribution in [0, 0.1) is 6.92 Å². The van der Waals surface area contributed by atoms with Crippen molar-refractivity contribution in [3.8, 4) is 0 Å². The van der Waals surface area contributed by atoms with Gasteiger partial charge in [-0.25, -0.2) is 0 Å². The number of hydrogen-bond donors (Lipinski definition) is 0. The van der Waals surface area contributed by atoms with E-state index in [9.17, 15) is 9.59 Å². The highest BCUT2D eigenvalue weighted by Crippen LogP contribution is 2.43. The number of hydrogen-bond acceptors (Lipinski definition) is 3. The molecule has 0 radical (unpaired) electrons. The van der Waals surface area contributed by atoms with Crippen molar-refractivity contribution >= 4 is 23.2 Å². The molecule has 1 aliphatic heterocycles. The SMILES string of the molecule is Cc1cc(N2C(=O)c3nn(C4CC4)cc3C2c2ccc(Cl)cc2)cn(C)c1=O. The molecule has 0 bridgehead atoms. The van der Waals surface area contributed by atoms with Crippen LogP contribution in [-0.4, -0.2) is 20.3 Å². The van der Waals surface area contributed by atoms with Gasteiger partial charge in [-0.15, -0.1) is 0 Å². The topological polar surface area (TPSA) is 60.1 Å². The Morgan fingerprint density at radius 2 is 1.82 bits per heavy atom. The number of aryl methyl sites for hydroxylation is 2. The molecule has 0 N–H and O–H groups in total. The van der Waals surface area contributed by atoms with Gasteiger partial charge >= 0.3 is 0 Å². The fourth-order valence-corrected chi connectivity index (χ4v) is 4.02. The van der Waals surface area contributed by atoms with Gasteiger partial charge in [-0.2, -0.15) is 5.10 Å². The standard InChI is InChI=1S/C21H19ClN4O2/c1-12-9-16(10-24(2)20(12)27)26-19(13-3-5-14(22)6-4-13)17-11-25(15-7-8-15)23-18(17)21(26)28/h3-6,9-11,15,19H,7-8H2,1-2H3. The highest BCUT2D eigenvalue weighted by atomic mass is 35.5. The number of amides is 1. The van der Waals surface area contributed by atoms with Crippen molar-refractivity contribution in [2.24, 2.45) is 7.05 Å². The van der Waals surface area contributed by atoms with Gasteiger partial charge in [0.1, 0.15) is 0 Å². The molecule has 1 aliphatic carbocycles. The summed E-state index contributed by atoms with van der Waals surface area (Å²) in [4.78, 5) is 27.2. The largest absolute Gasteiger partial charge is 0.316 e. The van der Waals surface area contributed by atoms with Crippen LogP contribution in [0.5, 0.6) is 0 Å². The summed E-state index contributed by atoms with van der Waals surface area (Å²) in [6, 6.07) is 9.40. The summed E-state index contributed by atoms with van der Waals surface area (Å²) >= 11 is 6.08. The Bertz CT molecular complexity index is 1130. The van der Waals surface area contributed by atoms with Crippen LogP contribution in [0.15, 0.2) is 47.5 Å². The van der Waals surface area contributed by atoms with Crippen LogP contribution in [-0.2, 0) is 7.05 Å². The molecule has 2 aliphatic rings. The van der Waals surface area contributed by atoms with Crippen molar-refractivity contribution in [2.45, 2.75) is 31.8 Å². The first-order valence-electron chi connectivity index (χ1n) is 9.29. The maximum Gasteiger partial charge on any atom is 0.280 e. The number of pyridine rings is 1. The van der Waals surface area contributed by atoms with E-state index in [0.29, 0.717) is 28.0 Å². The van der Waals surface area contributed by atoms with E-state index in [4.69, 9.17) is 11.6 Å². The minimum Gasteiger partial charge on any atom is -0.316 e. The molecule has 3 heterocycles. The molecule has 0 saturated heterocycles. The third-order valence-corrected chi connectivity index (χ3v) is 5.72. The van der Waals surface area contributed by atoms with Crippen molar-refractivity contribution in [3.63, 3.8) is 0 Å².